The molecule has 2 aromatic heterocycles. The Kier molecular flexibility index (Phi) is 3.49. The summed E-state index contributed by atoms with van der Waals surface area (Å²) in [7, 11) is 0. The van der Waals surface area contributed by atoms with E-state index in [9.17, 15) is 0 Å². The second kappa shape index (κ2) is 5.05. The van der Waals surface area contributed by atoms with E-state index in [4.69, 9.17) is 11.6 Å². The van der Waals surface area contributed by atoms with Crippen molar-refractivity contribution in [2.45, 2.75) is 20.4 Å². The van der Waals surface area contributed by atoms with Gasteiger partial charge in [-0.2, -0.15) is 0 Å². The molecule has 0 aliphatic carbocycles. The minimum atomic E-state index is 0.377. The summed E-state index contributed by atoms with van der Waals surface area (Å²) in [6.07, 6.45) is 3.20. The number of aromatic nitrogens is 4. The second-order valence-corrected chi connectivity index (χ2v) is 3.95. The van der Waals surface area contributed by atoms with Crippen LogP contribution in [0.15, 0.2) is 18.6 Å². The molecule has 0 bridgehead atoms. The summed E-state index contributed by atoms with van der Waals surface area (Å²) in [6, 6.07) is 1.83. The summed E-state index contributed by atoms with van der Waals surface area (Å²) in [5.41, 5.74) is 2.57. The highest BCUT2D eigenvalue weighted by Gasteiger charge is 2.06. The maximum Gasteiger partial charge on any atom is 0.171 e. The predicted octanol–water partition coefficient (Wildman–Crippen LogP) is 2.15. The van der Waals surface area contributed by atoms with Gasteiger partial charge in [-0.25, -0.2) is 19.9 Å². The third kappa shape index (κ3) is 2.88. The van der Waals surface area contributed by atoms with Crippen LogP contribution in [0, 0.1) is 13.8 Å². The third-order valence-corrected chi connectivity index (χ3v) is 2.61. The van der Waals surface area contributed by atoms with Gasteiger partial charge in [0.1, 0.15) is 6.33 Å². The van der Waals surface area contributed by atoms with E-state index in [1.165, 1.54) is 6.33 Å². The zero-order valence-electron chi connectivity index (χ0n) is 9.61. The van der Waals surface area contributed by atoms with E-state index in [1.807, 2.05) is 19.9 Å². The van der Waals surface area contributed by atoms with Gasteiger partial charge in [0, 0.05) is 6.20 Å². The van der Waals surface area contributed by atoms with Crippen molar-refractivity contribution in [3.05, 3.63) is 40.8 Å². The Labute approximate surface area is 104 Å². The number of hydrogen-bond acceptors (Lipinski definition) is 5. The Morgan fingerprint density at radius 3 is 2.71 bits per heavy atom. The van der Waals surface area contributed by atoms with Crippen LogP contribution in [-0.2, 0) is 6.54 Å². The van der Waals surface area contributed by atoms with E-state index in [0.717, 1.165) is 17.1 Å². The zero-order chi connectivity index (χ0) is 12.3. The van der Waals surface area contributed by atoms with Gasteiger partial charge in [0.2, 0.25) is 0 Å². The molecule has 0 spiro atoms. The Morgan fingerprint density at radius 2 is 2.00 bits per heavy atom. The maximum atomic E-state index is 6.00. The van der Waals surface area contributed by atoms with Gasteiger partial charge in [0.25, 0.3) is 0 Å². The average Bonchev–Trinajstić information content (AvgIpc) is 2.33. The smallest absolute Gasteiger partial charge is 0.171 e. The molecular weight excluding hydrogens is 238 g/mol. The van der Waals surface area contributed by atoms with Gasteiger partial charge in [0.05, 0.1) is 23.6 Å². The van der Waals surface area contributed by atoms with Gasteiger partial charge in [0.15, 0.2) is 11.0 Å². The van der Waals surface area contributed by atoms with Crippen LogP contribution in [0.2, 0.25) is 5.15 Å². The van der Waals surface area contributed by atoms with Crippen LogP contribution in [-0.4, -0.2) is 19.9 Å². The minimum absolute atomic E-state index is 0.377. The molecule has 0 saturated heterocycles. The summed E-state index contributed by atoms with van der Waals surface area (Å²) in [4.78, 5) is 16.5. The molecule has 2 aromatic rings. The lowest BCUT2D eigenvalue weighted by molar-refractivity contribution is 0.973. The van der Waals surface area contributed by atoms with Crippen LogP contribution in [0.1, 0.15) is 17.1 Å². The van der Waals surface area contributed by atoms with Gasteiger partial charge in [-0.15, -0.1) is 0 Å². The predicted molar refractivity (Wildman–Crippen MR) is 65.9 cm³/mol. The van der Waals surface area contributed by atoms with Crippen LogP contribution in [0.4, 0.5) is 5.82 Å². The fourth-order valence-corrected chi connectivity index (χ4v) is 1.52. The molecule has 5 nitrogen and oxygen atoms in total. The van der Waals surface area contributed by atoms with E-state index in [2.05, 4.69) is 25.3 Å². The highest BCUT2D eigenvalue weighted by molar-refractivity contribution is 6.31. The van der Waals surface area contributed by atoms with Crippen molar-refractivity contribution in [1.29, 1.82) is 0 Å². The molecule has 6 heteroatoms. The van der Waals surface area contributed by atoms with Crippen LogP contribution in [0.5, 0.6) is 0 Å². The molecule has 88 valence electrons. The summed E-state index contributed by atoms with van der Waals surface area (Å²) in [5, 5.41) is 3.48. The van der Waals surface area contributed by atoms with Crippen LogP contribution in [0.3, 0.4) is 0 Å². The fraction of sp³-hybridized carbons (Fsp3) is 0.273. The molecule has 0 saturated carbocycles. The minimum Gasteiger partial charge on any atom is -0.362 e. The van der Waals surface area contributed by atoms with Gasteiger partial charge < -0.3 is 5.32 Å². The number of aryl methyl sites for hydroxylation is 2. The monoisotopic (exact) mass is 249 g/mol. The Morgan fingerprint density at radius 1 is 1.24 bits per heavy atom. The summed E-state index contributed by atoms with van der Waals surface area (Å²) >= 11 is 6.00. The number of anilines is 1. The van der Waals surface area contributed by atoms with E-state index in [0.29, 0.717) is 17.5 Å². The molecule has 2 rings (SSSR count). The van der Waals surface area contributed by atoms with Gasteiger partial charge in [-0.3, -0.25) is 0 Å². The van der Waals surface area contributed by atoms with Crippen LogP contribution >= 0.6 is 11.6 Å². The van der Waals surface area contributed by atoms with E-state index >= 15 is 0 Å². The van der Waals surface area contributed by atoms with Crippen molar-refractivity contribution in [2.75, 3.05) is 5.32 Å². The zero-order valence-corrected chi connectivity index (χ0v) is 10.4. The first kappa shape index (κ1) is 11.7. The molecule has 0 radical (unpaired) electrons. The number of hydrogen-bond donors (Lipinski definition) is 1. The third-order valence-electron chi connectivity index (χ3n) is 2.34. The lowest BCUT2D eigenvalue weighted by Crippen LogP contribution is -2.06. The van der Waals surface area contributed by atoms with Crippen molar-refractivity contribution in [2.24, 2.45) is 0 Å². The molecule has 1 N–H and O–H groups in total. The number of halogens is 1. The Hall–Kier alpha value is -1.75. The second-order valence-electron chi connectivity index (χ2n) is 3.59. The van der Waals surface area contributed by atoms with Crippen molar-refractivity contribution < 1.29 is 0 Å². The largest absolute Gasteiger partial charge is 0.362 e. The molecule has 0 amide bonds. The molecule has 0 unspecified atom stereocenters. The van der Waals surface area contributed by atoms with E-state index < -0.39 is 0 Å². The van der Waals surface area contributed by atoms with E-state index in [-0.39, 0.29) is 0 Å². The molecule has 0 aliphatic rings. The molecule has 0 fully saturated rings. The molecule has 0 atom stereocenters. The molecular formula is C11H12ClN5. The number of rotatable bonds is 3. The van der Waals surface area contributed by atoms with Crippen molar-refractivity contribution in [1.82, 2.24) is 19.9 Å². The first-order valence-electron chi connectivity index (χ1n) is 5.16. The SMILES string of the molecule is Cc1nc(Cl)c(NCc2ccncn2)nc1C. The van der Waals surface area contributed by atoms with Crippen molar-refractivity contribution >= 4 is 17.4 Å². The fourth-order valence-electron chi connectivity index (χ4n) is 1.29. The van der Waals surface area contributed by atoms with Crippen LogP contribution in [0.25, 0.3) is 0 Å². The van der Waals surface area contributed by atoms with E-state index in [1.54, 1.807) is 6.20 Å². The van der Waals surface area contributed by atoms with Gasteiger partial charge in [-0.1, -0.05) is 11.6 Å². The lowest BCUT2D eigenvalue weighted by atomic mass is 10.3. The molecule has 0 aliphatic heterocycles. The topological polar surface area (TPSA) is 63.6 Å². The molecule has 0 aromatic carbocycles. The normalized spacial score (nSPS) is 10.3. The average molecular weight is 250 g/mol. The van der Waals surface area contributed by atoms with Crippen molar-refractivity contribution in [3.63, 3.8) is 0 Å². The first-order chi connectivity index (χ1) is 8.16. The summed E-state index contributed by atoms with van der Waals surface area (Å²) in [6.45, 7) is 4.32. The Balaban J connectivity index is 2.12. The van der Waals surface area contributed by atoms with Gasteiger partial charge in [-0.05, 0) is 19.9 Å². The first-order valence-corrected chi connectivity index (χ1v) is 5.54. The maximum absolute atomic E-state index is 6.00. The molecule has 17 heavy (non-hydrogen) atoms. The quantitative estimate of drug-likeness (QED) is 0.903. The Bertz CT molecular complexity index is 515. The summed E-state index contributed by atoms with van der Waals surface area (Å²) in [5.74, 6) is 0.577. The number of nitrogens with zero attached hydrogens (tertiary/aromatic N) is 4. The highest BCUT2D eigenvalue weighted by Crippen LogP contribution is 2.18. The number of nitrogens with one attached hydrogen (secondary N) is 1. The highest BCUT2D eigenvalue weighted by atomic mass is 35.5. The van der Waals surface area contributed by atoms with Crippen LogP contribution < -0.4 is 5.32 Å². The summed E-state index contributed by atoms with van der Waals surface area (Å²) < 4.78 is 0. The standard InChI is InChI=1S/C11H12ClN5/c1-7-8(2)17-11(10(12)16-7)14-5-9-3-4-13-6-15-9/h3-4,6H,5H2,1-2H3,(H,14,17). The van der Waals surface area contributed by atoms with Gasteiger partial charge >= 0.3 is 0 Å². The van der Waals surface area contributed by atoms with Crippen molar-refractivity contribution in [3.8, 4) is 0 Å². The lowest BCUT2D eigenvalue weighted by Gasteiger charge is -2.08. The molecule has 2 heterocycles.